The van der Waals surface area contributed by atoms with Crippen LogP contribution in [-0.2, 0) is 17.8 Å². The van der Waals surface area contributed by atoms with Crippen LogP contribution >= 0.6 is 0 Å². The molecule has 0 unspecified atom stereocenters. The van der Waals surface area contributed by atoms with Gasteiger partial charge in [-0.2, -0.15) is 0 Å². The van der Waals surface area contributed by atoms with Crippen LogP contribution < -0.4 is 5.32 Å². The van der Waals surface area contributed by atoms with Crippen molar-refractivity contribution in [2.75, 3.05) is 0 Å². The minimum Gasteiger partial charge on any atom is -0.348 e. The average molecular weight is 263 g/mol. The first kappa shape index (κ1) is 12.7. The Hall–Kier alpha value is -2.35. The molecule has 0 fully saturated rings. The number of amides is 1. The SMILES string of the molecule is C=C(C)C(=O)NCc1ccc2c(c1)Cc1ccccc1-2. The lowest BCUT2D eigenvalue weighted by molar-refractivity contribution is -0.117. The van der Waals surface area contributed by atoms with Crippen molar-refractivity contribution in [1.29, 1.82) is 0 Å². The van der Waals surface area contributed by atoms with Crippen LogP contribution in [-0.4, -0.2) is 5.91 Å². The second-order valence-corrected chi connectivity index (χ2v) is 5.29. The van der Waals surface area contributed by atoms with E-state index in [-0.39, 0.29) is 5.91 Å². The third kappa shape index (κ3) is 2.25. The van der Waals surface area contributed by atoms with Gasteiger partial charge in [0.25, 0.3) is 0 Å². The third-order valence-electron chi connectivity index (χ3n) is 3.70. The first-order chi connectivity index (χ1) is 9.65. The molecule has 1 N–H and O–H groups in total. The highest BCUT2D eigenvalue weighted by molar-refractivity contribution is 5.92. The topological polar surface area (TPSA) is 29.1 Å². The van der Waals surface area contributed by atoms with Crippen LogP contribution in [0.25, 0.3) is 11.1 Å². The molecule has 0 bridgehead atoms. The second-order valence-electron chi connectivity index (χ2n) is 5.29. The van der Waals surface area contributed by atoms with Gasteiger partial charge < -0.3 is 5.32 Å². The van der Waals surface area contributed by atoms with Gasteiger partial charge in [0.2, 0.25) is 5.91 Å². The molecule has 3 rings (SSSR count). The molecule has 1 aliphatic carbocycles. The van der Waals surface area contributed by atoms with Crippen LogP contribution in [0.4, 0.5) is 0 Å². The van der Waals surface area contributed by atoms with E-state index < -0.39 is 0 Å². The Kier molecular flexibility index (Phi) is 3.15. The zero-order chi connectivity index (χ0) is 14.1. The van der Waals surface area contributed by atoms with Crippen molar-refractivity contribution in [3.63, 3.8) is 0 Å². The van der Waals surface area contributed by atoms with E-state index >= 15 is 0 Å². The lowest BCUT2D eigenvalue weighted by Gasteiger charge is -2.07. The molecule has 2 aromatic rings. The molecule has 0 aliphatic heterocycles. The molecular formula is C18H17NO. The van der Waals surface area contributed by atoms with E-state index in [1.807, 2.05) is 0 Å². The molecule has 2 nitrogen and oxygen atoms in total. The Morgan fingerprint density at radius 1 is 1.15 bits per heavy atom. The zero-order valence-corrected chi connectivity index (χ0v) is 11.6. The van der Waals surface area contributed by atoms with Crippen LogP contribution in [0.1, 0.15) is 23.6 Å². The van der Waals surface area contributed by atoms with Crippen molar-refractivity contribution in [2.24, 2.45) is 0 Å². The van der Waals surface area contributed by atoms with Crippen LogP contribution in [0.2, 0.25) is 0 Å². The van der Waals surface area contributed by atoms with Crippen molar-refractivity contribution in [3.05, 3.63) is 71.3 Å². The molecule has 0 spiro atoms. The predicted octanol–water partition coefficient (Wildman–Crippen LogP) is 3.45. The van der Waals surface area contributed by atoms with Crippen molar-refractivity contribution >= 4 is 5.91 Å². The Labute approximate surface area is 119 Å². The summed E-state index contributed by atoms with van der Waals surface area (Å²) < 4.78 is 0. The molecular weight excluding hydrogens is 246 g/mol. The van der Waals surface area contributed by atoms with Gasteiger partial charge >= 0.3 is 0 Å². The van der Waals surface area contributed by atoms with Crippen LogP contribution in [0.3, 0.4) is 0 Å². The molecule has 1 amide bonds. The molecule has 0 atom stereocenters. The maximum Gasteiger partial charge on any atom is 0.246 e. The molecule has 0 heterocycles. The smallest absolute Gasteiger partial charge is 0.246 e. The largest absolute Gasteiger partial charge is 0.348 e. The Morgan fingerprint density at radius 3 is 2.70 bits per heavy atom. The molecule has 0 aromatic heterocycles. The zero-order valence-electron chi connectivity index (χ0n) is 11.6. The molecule has 100 valence electrons. The van der Waals surface area contributed by atoms with E-state index in [4.69, 9.17) is 0 Å². The quantitative estimate of drug-likeness (QED) is 0.720. The van der Waals surface area contributed by atoms with Crippen molar-refractivity contribution < 1.29 is 4.79 Å². The second kappa shape index (κ2) is 4.97. The summed E-state index contributed by atoms with van der Waals surface area (Å²) in [6, 6.07) is 14.9. The van der Waals surface area contributed by atoms with Gasteiger partial charge in [0, 0.05) is 12.1 Å². The van der Waals surface area contributed by atoms with Crippen LogP contribution in [0.15, 0.2) is 54.6 Å². The number of carbonyl (C=O) groups excluding carboxylic acids is 1. The lowest BCUT2D eigenvalue weighted by atomic mass is 10.0. The number of benzene rings is 2. The minimum absolute atomic E-state index is 0.0891. The van der Waals surface area contributed by atoms with Crippen molar-refractivity contribution in [1.82, 2.24) is 5.32 Å². The van der Waals surface area contributed by atoms with E-state index in [0.29, 0.717) is 12.1 Å². The standard InChI is InChI=1S/C18H17NO/c1-12(2)18(20)19-11-13-7-8-17-15(9-13)10-14-5-3-4-6-16(14)17/h3-9H,1,10-11H2,2H3,(H,19,20). The van der Waals surface area contributed by atoms with Crippen molar-refractivity contribution in [2.45, 2.75) is 19.9 Å². The maximum absolute atomic E-state index is 11.5. The number of hydrogen-bond acceptors (Lipinski definition) is 1. The fourth-order valence-corrected chi connectivity index (χ4v) is 2.64. The summed E-state index contributed by atoms with van der Waals surface area (Å²) in [6.45, 7) is 5.91. The van der Waals surface area contributed by atoms with E-state index in [9.17, 15) is 4.79 Å². The van der Waals surface area contributed by atoms with E-state index in [1.54, 1.807) is 6.92 Å². The normalized spacial score (nSPS) is 11.7. The number of rotatable bonds is 3. The molecule has 0 radical (unpaired) electrons. The van der Waals surface area contributed by atoms with E-state index in [1.165, 1.54) is 22.3 Å². The fraction of sp³-hybridized carbons (Fsp3) is 0.167. The highest BCUT2D eigenvalue weighted by Crippen LogP contribution is 2.36. The van der Waals surface area contributed by atoms with Gasteiger partial charge in [0.1, 0.15) is 0 Å². The average Bonchev–Trinajstić information content (AvgIpc) is 2.82. The van der Waals surface area contributed by atoms with Crippen LogP contribution in [0, 0.1) is 0 Å². The predicted molar refractivity (Wildman–Crippen MR) is 81.3 cm³/mol. The summed E-state index contributed by atoms with van der Waals surface area (Å²) in [6.07, 6.45) is 0.980. The van der Waals surface area contributed by atoms with E-state index in [2.05, 4.69) is 54.4 Å². The highest BCUT2D eigenvalue weighted by atomic mass is 16.1. The minimum atomic E-state index is -0.0891. The van der Waals surface area contributed by atoms with Gasteiger partial charge in [-0.3, -0.25) is 4.79 Å². The van der Waals surface area contributed by atoms with Gasteiger partial charge in [-0.15, -0.1) is 0 Å². The molecule has 20 heavy (non-hydrogen) atoms. The lowest BCUT2D eigenvalue weighted by Crippen LogP contribution is -2.22. The summed E-state index contributed by atoms with van der Waals surface area (Å²) in [5, 5.41) is 2.87. The Balaban J connectivity index is 1.81. The van der Waals surface area contributed by atoms with Gasteiger partial charge in [0.15, 0.2) is 0 Å². The summed E-state index contributed by atoms with van der Waals surface area (Å²) in [5.74, 6) is -0.0891. The summed E-state index contributed by atoms with van der Waals surface area (Å²) >= 11 is 0. The Morgan fingerprint density at radius 2 is 1.90 bits per heavy atom. The highest BCUT2D eigenvalue weighted by Gasteiger charge is 2.17. The first-order valence-corrected chi connectivity index (χ1v) is 6.79. The summed E-state index contributed by atoms with van der Waals surface area (Å²) in [4.78, 5) is 11.5. The number of fused-ring (bicyclic) bond motifs is 3. The monoisotopic (exact) mass is 263 g/mol. The van der Waals surface area contributed by atoms with Gasteiger partial charge in [-0.25, -0.2) is 0 Å². The third-order valence-corrected chi connectivity index (χ3v) is 3.70. The number of carbonyl (C=O) groups is 1. The first-order valence-electron chi connectivity index (χ1n) is 6.79. The molecule has 1 aliphatic rings. The van der Waals surface area contributed by atoms with Gasteiger partial charge in [-0.05, 0) is 41.2 Å². The number of hydrogen-bond donors (Lipinski definition) is 1. The Bertz CT molecular complexity index is 700. The maximum atomic E-state index is 11.5. The molecule has 0 saturated carbocycles. The van der Waals surface area contributed by atoms with Crippen molar-refractivity contribution in [3.8, 4) is 11.1 Å². The van der Waals surface area contributed by atoms with Crippen LogP contribution in [0.5, 0.6) is 0 Å². The fourth-order valence-electron chi connectivity index (χ4n) is 2.64. The van der Waals surface area contributed by atoms with E-state index in [0.717, 1.165) is 12.0 Å². The van der Waals surface area contributed by atoms with Gasteiger partial charge in [0.05, 0.1) is 0 Å². The van der Waals surface area contributed by atoms with Gasteiger partial charge in [-0.1, -0.05) is 49.0 Å². The number of nitrogens with one attached hydrogen (secondary N) is 1. The molecule has 2 heteroatoms. The molecule has 0 saturated heterocycles. The summed E-state index contributed by atoms with van der Waals surface area (Å²) in [7, 11) is 0. The molecule has 2 aromatic carbocycles. The summed E-state index contributed by atoms with van der Waals surface area (Å²) in [5.41, 5.74) is 7.04.